The van der Waals surface area contributed by atoms with Crippen molar-refractivity contribution >= 4 is 46.0 Å². The summed E-state index contributed by atoms with van der Waals surface area (Å²) in [6.45, 7) is 6.13. The highest BCUT2D eigenvalue weighted by Gasteiger charge is 2.48. The van der Waals surface area contributed by atoms with Gasteiger partial charge in [0.2, 0.25) is 0 Å². The van der Waals surface area contributed by atoms with Crippen LogP contribution in [0.4, 0.5) is 11.4 Å². The summed E-state index contributed by atoms with van der Waals surface area (Å²) >= 11 is 0. The first-order valence-corrected chi connectivity index (χ1v) is 10.5. The number of hydroxylamine groups is 2. The minimum Gasteiger partial charge on any atom is -0.385 e. The van der Waals surface area contributed by atoms with Crippen LogP contribution in [0.5, 0.6) is 0 Å². The topological polar surface area (TPSA) is 142 Å². The second-order valence-corrected chi connectivity index (χ2v) is 8.19. The van der Waals surface area contributed by atoms with Gasteiger partial charge in [0, 0.05) is 18.7 Å². The first-order valence-electron chi connectivity index (χ1n) is 8.98. The SMILES string of the molecule is C=Nc1ccc(NCCCCCC(=O)ON2C(=O)CC(S(=O)(=O)O)C2=O)c(C)c1. The number of amides is 2. The van der Waals surface area contributed by atoms with Crippen LogP contribution in [0.3, 0.4) is 0 Å². The Hall–Kier alpha value is -2.79. The number of aliphatic imine (C=N–C) groups is 1. The smallest absolute Gasteiger partial charge is 0.333 e. The normalized spacial score (nSPS) is 16.8. The summed E-state index contributed by atoms with van der Waals surface area (Å²) in [4.78, 5) is 43.7. The molecule has 1 aliphatic rings. The number of nitrogens with one attached hydrogen (secondary N) is 1. The molecule has 10 nitrogen and oxygen atoms in total. The van der Waals surface area contributed by atoms with E-state index in [0.29, 0.717) is 19.4 Å². The number of carbonyl (C=O) groups is 3. The minimum atomic E-state index is -4.73. The zero-order valence-electron chi connectivity index (χ0n) is 16.0. The van der Waals surface area contributed by atoms with Crippen LogP contribution in [-0.4, -0.2) is 54.3 Å². The third-order valence-electron chi connectivity index (χ3n) is 4.38. The second-order valence-electron chi connectivity index (χ2n) is 6.59. The van der Waals surface area contributed by atoms with Crippen molar-refractivity contribution in [3.05, 3.63) is 23.8 Å². The molecule has 11 heteroatoms. The van der Waals surface area contributed by atoms with E-state index in [2.05, 4.69) is 21.9 Å². The molecule has 1 heterocycles. The fourth-order valence-corrected chi connectivity index (χ4v) is 3.50. The van der Waals surface area contributed by atoms with E-state index in [-0.39, 0.29) is 11.5 Å². The van der Waals surface area contributed by atoms with Gasteiger partial charge in [0.05, 0.1) is 12.1 Å². The van der Waals surface area contributed by atoms with Gasteiger partial charge in [-0.25, -0.2) is 4.79 Å². The second kappa shape index (κ2) is 9.61. The number of hydrogen-bond donors (Lipinski definition) is 2. The molecule has 0 radical (unpaired) electrons. The van der Waals surface area contributed by atoms with E-state index in [1.165, 1.54) is 0 Å². The van der Waals surface area contributed by atoms with Crippen LogP contribution in [0, 0.1) is 6.92 Å². The Labute approximate surface area is 168 Å². The Bertz CT molecular complexity index is 914. The fraction of sp³-hybridized carbons (Fsp3) is 0.444. The molecule has 1 atom stereocenters. The van der Waals surface area contributed by atoms with Gasteiger partial charge in [-0.05, 0) is 50.2 Å². The standard InChI is InChI=1S/C18H23N3O7S/c1-12-10-13(19-2)7-8-14(12)20-9-5-3-4-6-17(23)28-21-16(22)11-15(18(21)24)29(25,26)27/h7-8,10,15,20H,2-6,9,11H2,1H3,(H,25,26,27). The zero-order valence-corrected chi connectivity index (χ0v) is 16.8. The van der Waals surface area contributed by atoms with Crippen molar-refractivity contribution in [1.29, 1.82) is 0 Å². The van der Waals surface area contributed by atoms with Crippen molar-refractivity contribution in [1.82, 2.24) is 5.06 Å². The zero-order chi connectivity index (χ0) is 21.6. The fourth-order valence-electron chi connectivity index (χ4n) is 2.80. The van der Waals surface area contributed by atoms with Gasteiger partial charge in [-0.1, -0.05) is 6.42 Å². The van der Waals surface area contributed by atoms with Gasteiger partial charge in [0.25, 0.3) is 21.9 Å². The third-order valence-corrected chi connectivity index (χ3v) is 5.47. The molecule has 1 aromatic carbocycles. The van der Waals surface area contributed by atoms with Crippen molar-refractivity contribution in [2.45, 2.75) is 44.3 Å². The van der Waals surface area contributed by atoms with Gasteiger partial charge in [-0.15, -0.1) is 5.06 Å². The number of unbranched alkanes of at least 4 members (excludes halogenated alkanes) is 2. The molecule has 29 heavy (non-hydrogen) atoms. The molecule has 1 unspecified atom stereocenters. The highest BCUT2D eigenvalue weighted by atomic mass is 32.2. The highest BCUT2D eigenvalue weighted by molar-refractivity contribution is 7.87. The van der Waals surface area contributed by atoms with E-state index in [1.807, 2.05) is 25.1 Å². The maximum atomic E-state index is 11.8. The molecule has 0 spiro atoms. The van der Waals surface area contributed by atoms with Gasteiger partial charge < -0.3 is 10.2 Å². The summed E-state index contributed by atoms with van der Waals surface area (Å²) in [5.41, 5.74) is 2.82. The average molecular weight is 425 g/mol. The summed E-state index contributed by atoms with van der Waals surface area (Å²) in [6, 6.07) is 5.69. The summed E-state index contributed by atoms with van der Waals surface area (Å²) in [5.74, 6) is -3.06. The predicted molar refractivity (Wildman–Crippen MR) is 105 cm³/mol. The van der Waals surface area contributed by atoms with Crippen molar-refractivity contribution in [3.8, 4) is 0 Å². The lowest BCUT2D eigenvalue weighted by Crippen LogP contribution is -2.36. The Morgan fingerprint density at radius 2 is 2.07 bits per heavy atom. The van der Waals surface area contributed by atoms with Crippen LogP contribution in [-0.2, 0) is 29.3 Å². The number of benzene rings is 1. The molecule has 1 fully saturated rings. The molecule has 1 aromatic rings. The van der Waals surface area contributed by atoms with Crippen LogP contribution in [0.25, 0.3) is 0 Å². The van der Waals surface area contributed by atoms with Crippen molar-refractivity contribution in [3.63, 3.8) is 0 Å². The van der Waals surface area contributed by atoms with Gasteiger partial charge >= 0.3 is 5.97 Å². The first kappa shape index (κ1) is 22.5. The molecule has 0 bridgehead atoms. The number of rotatable bonds is 10. The predicted octanol–water partition coefficient (Wildman–Crippen LogP) is 1.77. The third kappa shape index (κ3) is 6.09. The minimum absolute atomic E-state index is 0.0354. The highest BCUT2D eigenvalue weighted by Crippen LogP contribution is 2.22. The summed E-state index contributed by atoms with van der Waals surface area (Å²) < 4.78 is 31.0. The largest absolute Gasteiger partial charge is 0.385 e. The maximum Gasteiger partial charge on any atom is 0.333 e. The van der Waals surface area contributed by atoms with Crippen LogP contribution in [0.1, 0.15) is 37.7 Å². The quantitative estimate of drug-likeness (QED) is 0.250. The van der Waals surface area contributed by atoms with E-state index in [0.717, 1.165) is 23.4 Å². The van der Waals surface area contributed by atoms with Crippen molar-refractivity contribution in [2.75, 3.05) is 11.9 Å². The molecule has 0 saturated carbocycles. The summed E-state index contributed by atoms with van der Waals surface area (Å²) in [6.07, 6.45) is 1.16. The number of nitrogens with zero attached hydrogens (tertiary/aromatic N) is 2. The lowest BCUT2D eigenvalue weighted by atomic mass is 10.1. The number of hydrogen-bond acceptors (Lipinski definition) is 8. The number of imide groups is 1. The van der Waals surface area contributed by atoms with Crippen LogP contribution >= 0.6 is 0 Å². The van der Waals surface area contributed by atoms with Gasteiger partial charge in [0.15, 0.2) is 5.25 Å². The van der Waals surface area contributed by atoms with E-state index in [4.69, 9.17) is 4.55 Å². The van der Waals surface area contributed by atoms with Gasteiger partial charge in [0.1, 0.15) is 0 Å². The monoisotopic (exact) mass is 425 g/mol. The lowest BCUT2D eigenvalue weighted by Gasteiger charge is -2.13. The van der Waals surface area contributed by atoms with Gasteiger partial charge in [-0.2, -0.15) is 8.42 Å². The van der Waals surface area contributed by atoms with Crippen LogP contribution in [0.2, 0.25) is 0 Å². The van der Waals surface area contributed by atoms with E-state index < -0.39 is 39.6 Å². The van der Waals surface area contributed by atoms with Gasteiger partial charge in [-0.3, -0.25) is 19.1 Å². The molecular weight excluding hydrogens is 402 g/mol. The first-order chi connectivity index (χ1) is 13.6. The molecule has 2 rings (SSSR count). The van der Waals surface area contributed by atoms with Crippen LogP contribution < -0.4 is 5.32 Å². The van der Waals surface area contributed by atoms with E-state index >= 15 is 0 Å². The van der Waals surface area contributed by atoms with E-state index in [1.54, 1.807) is 0 Å². The molecule has 0 aromatic heterocycles. The Morgan fingerprint density at radius 3 is 2.66 bits per heavy atom. The van der Waals surface area contributed by atoms with Crippen molar-refractivity contribution < 1.29 is 32.2 Å². The summed E-state index contributed by atoms with van der Waals surface area (Å²) in [5, 5.41) is 1.48. The maximum absolute atomic E-state index is 11.8. The molecule has 2 amide bonds. The summed E-state index contributed by atoms with van der Waals surface area (Å²) in [7, 11) is -4.73. The van der Waals surface area contributed by atoms with Crippen molar-refractivity contribution in [2.24, 2.45) is 4.99 Å². The molecule has 158 valence electrons. The average Bonchev–Trinajstić information content (AvgIpc) is 2.94. The number of anilines is 1. The number of aryl methyl sites for hydroxylation is 1. The number of carbonyl (C=O) groups excluding carboxylic acids is 3. The molecule has 0 aliphatic carbocycles. The molecular formula is C18H23N3O7S. The molecule has 2 N–H and O–H groups in total. The van der Waals surface area contributed by atoms with Crippen LogP contribution in [0.15, 0.2) is 23.2 Å². The Balaban J connectivity index is 1.68. The molecule has 1 saturated heterocycles. The lowest BCUT2D eigenvalue weighted by molar-refractivity contribution is -0.197. The Kier molecular flexibility index (Phi) is 7.46. The molecule has 1 aliphatic heterocycles. The van der Waals surface area contributed by atoms with E-state index in [9.17, 15) is 22.8 Å². The Morgan fingerprint density at radius 1 is 1.34 bits per heavy atom.